The molecule has 0 saturated carbocycles. The van der Waals surface area contributed by atoms with E-state index >= 15 is 0 Å². The first-order chi connectivity index (χ1) is 30.4. The number of thioether (sulfide) groups is 1. The van der Waals surface area contributed by atoms with E-state index in [-0.39, 0.29) is 56.7 Å². The van der Waals surface area contributed by atoms with Gasteiger partial charge in [0.1, 0.15) is 48.0 Å². The van der Waals surface area contributed by atoms with Gasteiger partial charge >= 0.3 is 0 Å². The zero-order chi connectivity index (χ0) is 47.5. The fourth-order valence-corrected chi connectivity index (χ4v) is 8.19. The largest absolute Gasteiger partial charge is 0.494 e. The minimum Gasteiger partial charge on any atom is -0.494 e. The average Bonchev–Trinajstić information content (AvgIpc) is 3.75. The molecule has 3 unspecified atom stereocenters. The summed E-state index contributed by atoms with van der Waals surface area (Å²) < 4.78 is 5.53. The van der Waals surface area contributed by atoms with E-state index in [0.717, 1.165) is 0 Å². The van der Waals surface area contributed by atoms with Crippen LogP contribution in [0.1, 0.15) is 84.6 Å². The van der Waals surface area contributed by atoms with Gasteiger partial charge in [0.05, 0.1) is 19.1 Å². The molecule has 2 aliphatic rings. The lowest BCUT2D eigenvalue weighted by atomic mass is 9.96. The van der Waals surface area contributed by atoms with Gasteiger partial charge in [0.25, 0.3) is 0 Å². The number of rotatable bonds is 16. The van der Waals surface area contributed by atoms with E-state index < -0.39 is 114 Å². The van der Waals surface area contributed by atoms with Crippen molar-refractivity contribution in [2.75, 3.05) is 31.2 Å². The highest BCUT2D eigenvalue weighted by atomic mass is 32.2. The standard InChI is InChI=1S/C42H66N10O11S/c1-5-23(3)34-40(60)51-35(24(4)53)41(61)49-30(22-32(44)54)37(57)48-28(42(62)52-18-8-10-31(52)39(59)47-27(36(45)56)9-7-17-43)15-19-64-20-16-33(55)46-29(38(58)50-34)21-25-11-13-26(14-12-25)63-6-2/h11-14,23-24,27-31,34-35,53H,5-10,15-22,43H2,1-4H3,(H2,44,54)(H2,45,56)(H,46,55)(H,47,59)(H,48,57)(H,49,61)(H,50,58)(H,51,60)/t23-,24+,27-,28?,29?,30-,31-,34?,35-/m0/s1. The van der Waals surface area contributed by atoms with Gasteiger partial charge in [-0.1, -0.05) is 32.4 Å². The van der Waals surface area contributed by atoms with Crippen LogP contribution in [0.25, 0.3) is 0 Å². The lowest BCUT2D eigenvalue weighted by Crippen LogP contribution is -2.62. The SMILES string of the molecule is CCOc1ccc(CC2NC(=O)CCSCCC(C(=O)N3CCC[C@H]3C(=O)N[C@@H](CCCN)C(N)=O)NC(=O)[C@H](CC(N)=O)NC(=O)[C@H]([C@@H](C)O)NC(=O)C([C@@H](C)CC)NC2=O)cc1. The van der Waals surface area contributed by atoms with Crippen LogP contribution in [0.3, 0.4) is 0 Å². The van der Waals surface area contributed by atoms with E-state index in [1.807, 2.05) is 6.92 Å². The second-order valence-electron chi connectivity index (χ2n) is 16.0. The number of primary amides is 2. The third kappa shape index (κ3) is 16.3. The van der Waals surface area contributed by atoms with Crippen LogP contribution < -0.4 is 53.8 Å². The molecule has 21 nitrogen and oxygen atoms in total. The molecule has 2 saturated heterocycles. The summed E-state index contributed by atoms with van der Waals surface area (Å²) in [6.45, 7) is 7.36. The van der Waals surface area contributed by atoms with Crippen LogP contribution in [0.15, 0.2) is 24.3 Å². The van der Waals surface area contributed by atoms with Gasteiger partial charge in [0.2, 0.25) is 53.2 Å². The zero-order valence-corrected chi connectivity index (χ0v) is 37.8. The Morgan fingerprint density at radius 2 is 1.53 bits per heavy atom. The van der Waals surface area contributed by atoms with Gasteiger partial charge in [0.15, 0.2) is 0 Å². The number of nitrogens with one attached hydrogen (secondary N) is 6. The summed E-state index contributed by atoms with van der Waals surface area (Å²) in [6.07, 6.45) is -0.706. The Balaban J connectivity index is 1.99. The highest BCUT2D eigenvalue weighted by Gasteiger charge is 2.40. The summed E-state index contributed by atoms with van der Waals surface area (Å²) >= 11 is 1.27. The number of nitrogens with zero attached hydrogens (tertiary/aromatic N) is 1. The summed E-state index contributed by atoms with van der Waals surface area (Å²) in [7, 11) is 0. The smallest absolute Gasteiger partial charge is 0.245 e. The number of carbonyl (C=O) groups is 9. The quantitative estimate of drug-likeness (QED) is 0.0827. The van der Waals surface area contributed by atoms with Crippen LogP contribution in [-0.2, 0) is 49.6 Å². The second-order valence-corrected chi connectivity index (χ2v) is 17.3. The number of aliphatic hydroxyl groups excluding tert-OH is 1. The molecule has 0 aliphatic carbocycles. The summed E-state index contributed by atoms with van der Waals surface area (Å²) in [5.41, 5.74) is 17.3. The Kier molecular flexibility index (Phi) is 21.8. The Hall–Kier alpha value is -5.48. The van der Waals surface area contributed by atoms with Gasteiger partial charge in [-0.25, -0.2) is 0 Å². The number of hydrogen-bond acceptors (Lipinski definition) is 13. The van der Waals surface area contributed by atoms with Gasteiger partial charge in [-0.15, -0.1) is 0 Å². The maximum Gasteiger partial charge on any atom is 0.245 e. The number of benzene rings is 1. The fourth-order valence-electron chi connectivity index (χ4n) is 7.25. The normalized spacial score (nSPS) is 24.7. The molecule has 0 radical (unpaired) electrons. The molecule has 0 aromatic heterocycles. The predicted molar refractivity (Wildman–Crippen MR) is 237 cm³/mol. The van der Waals surface area contributed by atoms with Crippen LogP contribution in [0.4, 0.5) is 0 Å². The number of hydrogen-bond donors (Lipinski definition) is 10. The van der Waals surface area contributed by atoms with Crippen LogP contribution >= 0.6 is 11.8 Å². The molecule has 64 heavy (non-hydrogen) atoms. The molecule has 2 fully saturated rings. The number of carbonyl (C=O) groups excluding carboxylic acids is 9. The van der Waals surface area contributed by atoms with Crippen molar-refractivity contribution < 1.29 is 53.0 Å². The first-order valence-corrected chi connectivity index (χ1v) is 22.9. The van der Waals surface area contributed by atoms with Crippen molar-refractivity contribution in [2.45, 2.75) is 134 Å². The Morgan fingerprint density at radius 1 is 0.875 bits per heavy atom. The van der Waals surface area contributed by atoms with E-state index in [4.69, 9.17) is 21.9 Å². The molecule has 2 heterocycles. The Morgan fingerprint density at radius 3 is 2.14 bits per heavy atom. The Bertz CT molecular complexity index is 1800. The van der Waals surface area contributed by atoms with Crippen molar-refractivity contribution in [3.63, 3.8) is 0 Å². The van der Waals surface area contributed by atoms with Gasteiger partial charge in [-0.3, -0.25) is 43.2 Å². The van der Waals surface area contributed by atoms with E-state index in [9.17, 15) is 48.3 Å². The van der Waals surface area contributed by atoms with Gasteiger partial charge < -0.3 is 63.8 Å². The molecule has 3 rings (SSSR count). The summed E-state index contributed by atoms with van der Waals surface area (Å²) in [5, 5.41) is 26.3. The van der Waals surface area contributed by atoms with Gasteiger partial charge in [-0.05, 0) is 81.9 Å². The molecule has 356 valence electrons. The van der Waals surface area contributed by atoms with Gasteiger partial charge in [-0.2, -0.15) is 11.8 Å². The predicted octanol–water partition coefficient (Wildman–Crippen LogP) is -2.42. The van der Waals surface area contributed by atoms with Crippen LogP contribution in [0.5, 0.6) is 5.75 Å². The second kappa shape index (κ2) is 26.3. The summed E-state index contributed by atoms with van der Waals surface area (Å²) in [6, 6.07) is -2.21. The number of aliphatic hydroxyl groups is 1. The molecule has 0 spiro atoms. The molecule has 1 aromatic rings. The Labute approximate surface area is 377 Å². The van der Waals surface area contributed by atoms with Gasteiger partial charge in [0, 0.05) is 25.1 Å². The molecular formula is C42H66N10O11S. The summed E-state index contributed by atoms with van der Waals surface area (Å²) in [5.74, 6) is -6.64. The first kappa shape index (κ1) is 52.9. The zero-order valence-electron chi connectivity index (χ0n) is 37.0. The molecule has 9 amide bonds. The maximum absolute atomic E-state index is 14.3. The third-order valence-corrected chi connectivity index (χ3v) is 12.1. The molecular weight excluding hydrogens is 853 g/mol. The van der Waals surface area contributed by atoms with Crippen molar-refractivity contribution in [3.8, 4) is 5.75 Å². The fraction of sp³-hybridized carbons (Fsp3) is 0.643. The molecule has 1 aromatic carbocycles. The summed E-state index contributed by atoms with van der Waals surface area (Å²) in [4.78, 5) is 122. The van der Waals surface area contributed by atoms with E-state index in [1.165, 1.54) is 23.6 Å². The van der Waals surface area contributed by atoms with Crippen molar-refractivity contribution >= 4 is 64.9 Å². The minimum absolute atomic E-state index is 0.0362. The number of nitrogens with two attached hydrogens (primary N) is 3. The number of likely N-dealkylation sites (tertiary alicyclic amines) is 1. The van der Waals surface area contributed by atoms with Crippen molar-refractivity contribution in [1.29, 1.82) is 0 Å². The number of ether oxygens (including phenoxy) is 1. The lowest BCUT2D eigenvalue weighted by Gasteiger charge is -2.31. The molecule has 22 heteroatoms. The third-order valence-electron chi connectivity index (χ3n) is 11.1. The number of amides is 9. The topological polar surface area (TPSA) is 337 Å². The monoisotopic (exact) mass is 918 g/mol. The van der Waals surface area contributed by atoms with Crippen LogP contribution in [0, 0.1) is 5.92 Å². The average molecular weight is 919 g/mol. The van der Waals surface area contributed by atoms with E-state index in [1.54, 1.807) is 38.1 Å². The van der Waals surface area contributed by atoms with E-state index in [2.05, 4.69) is 31.9 Å². The highest BCUT2D eigenvalue weighted by molar-refractivity contribution is 7.99. The molecule has 0 bridgehead atoms. The molecule has 9 atom stereocenters. The van der Waals surface area contributed by atoms with Crippen LogP contribution in [-0.4, -0.2) is 143 Å². The lowest BCUT2D eigenvalue weighted by molar-refractivity contribution is -0.142. The maximum atomic E-state index is 14.3. The minimum atomic E-state index is -1.71. The first-order valence-electron chi connectivity index (χ1n) is 21.8. The van der Waals surface area contributed by atoms with Crippen molar-refractivity contribution in [1.82, 2.24) is 36.8 Å². The van der Waals surface area contributed by atoms with Crippen molar-refractivity contribution in [3.05, 3.63) is 29.8 Å². The van der Waals surface area contributed by atoms with Crippen molar-refractivity contribution in [2.24, 2.45) is 23.1 Å². The highest BCUT2D eigenvalue weighted by Crippen LogP contribution is 2.21. The molecule has 13 N–H and O–H groups in total. The van der Waals surface area contributed by atoms with Crippen LogP contribution in [0.2, 0.25) is 0 Å². The van der Waals surface area contributed by atoms with E-state index in [0.29, 0.717) is 37.2 Å². The molecule has 2 aliphatic heterocycles.